The molecule has 1 N–H and O–H groups in total. The molecule has 1 saturated heterocycles. The van der Waals surface area contributed by atoms with Gasteiger partial charge in [0, 0.05) is 39.3 Å². The molecule has 0 spiro atoms. The van der Waals surface area contributed by atoms with Crippen molar-refractivity contribution in [2.45, 2.75) is 26.7 Å². The van der Waals surface area contributed by atoms with Gasteiger partial charge in [-0.05, 0) is 32.4 Å². The van der Waals surface area contributed by atoms with Crippen molar-refractivity contribution in [3.05, 3.63) is 0 Å². The van der Waals surface area contributed by atoms with E-state index in [0.717, 1.165) is 19.0 Å². The highest BCUT2D eigenvalue weighted by Crippen LogP contribution is 2.04. The van der Waals surface area contributed by atoms with E-state index in [0.29, 0.717) is 0 Å². The fourth-order valence-electron chi connectivity index (χ4n) is 2.13. The molecule has 0 atom stereocenters. The predicted molar refractivity (Wildman–Crippen MR) is 70.9 cm³/mol. The third kappa shape index (κ3) is 6.46. The molecule has 16 heavy (non-hydrogen) atoms. The van der Waals surface area contributed by atoms with Crippen molar-refractivity contribution in [3.8, 4) is 0 Å². The van der Waals surface area contributed by atoms with Gasteiger partial charge in [0.1, 0.15) is 0 Å². The Labute approximate surface area is 101 Å². The zero-order valence-electron chi connectivity index (χ0n) is 11.3. The van der Waals surface area contributed by atoms with Crippen LogP contribution in [0.15, 0.2) is 0 Å². The van der Waals surface area contributed by atoms with Crippen LogP contribution in [0, 0.1) is 5.92 Å². The number of nitrogens with one attached hydrogen (secondary N) is 1. The Hall–Kier alpha value is -0.120. The van der Waals surface area contributed by atoms with E-state index in [-0.39, 0.29) is 0 Å². The lowest BCUT2D eigenvalue weighted by molar-refractivity contribution is 0.203. The molecule has 1 rings (SSSR count). The molecule has 1 aliphatic rings. The normalized spacial score (nSPS) is 18.6. The van der Waals surface area contributed by atoms with Gasteiger partial charge in [-0.25, -0.2) is 0 Å². The van der Waals surface area contributed by atoms with Gasteiger partial charge in [-0.15, -0.1) is 0 Å². The number of nitrogens with zero attached hydrogens (tertiary/aromatic N) is 2. The molecule has 96 valence electrons. The summed E-state index contributed by atoms with van der Waals surface area (Å²) in [5.41, 5.74) is 0. The van der Waals surface area contributed by atoms with Crippen LogP contribution in [0.4, 0.5) is 0 Å². The van der Waals surface area contributed by atoms with Crippen molar-refractivity contribution in [1.82, 2.24) is 15.1 Å². The monoisotopic (exact) mass is 227 g/mol. The standard InChI is InChI=1S/C13H29N3/c1-13(2)5-4-8-15(3)11-12-16-9-6-14-7-10-16/h13-14H,4-12H2,1-3H3. The van der Waals surface area contributed by atoms with Crippen LogP contribution in [0.2, 0.25) is 0 Å². The van der Waals surface area contributed by atoms with Crippen LogP contribution in [-0.4, -0.2) is 62.7 Å². The second-order valence-electron chi connectivity index (χ2n) is 5.43. The van der Waals surface area contributed by atoms with Gasteiger partial charge in [-0.2, -0.15) is 0 Å². The fourth-order valence-corrected chi connectivity index (χ4v) is 2.13. The molecule has 0 saturated carbocycles. The molecule has 0 unspecified atom stereocenters. The molecule has 0 aliphatic carbocycles. The zero-order valence-corrected chi connectivity index (χ0v) is 11.3. The molecule has 1 heterocycles. The minimum atomic E-state index is 0.849. The topological polar surface area (TPSA) is 18.5 Å². The summed E-state index contributed by atoms with van der Waals surface area (Å²) in [4.78, 5) is 5.04. The molecule has 0 aromatic heterocycles. The summed E-state index contributed by atoms with van der Waals surface area (Å²) >= 11 is 0. The largest absolute Gasteiger partial charge is 0.314 e. The second-order valence-corrected chi connectivity index (χ2v) is 5.43. The van der Waals surface area contributed by atoms with Crippen LogP contribution in [0.3, 0.4) is 0 Å². The maximum absolute atomic E-state index is 3.39. The minimum absolute atomic E-state index is 0.849. The summed E-state index contributed by atoms with van der Waals surface area (Å²) < 4.78 is 0. The Bertz CT molecular complexity index is 165. The summed E-state index contributed by atoms with van der Waals surface area (Å²) in [6.45, 7) is 13.1. The number of rotatable bonds is 7. The average Bonchev–Trinajstić information content (AvgIpc) is 2.27. The van der Waals surface area contributed by atoms with Gasteiger partial charge in [-0.3, -0.25) is 4.90 Å². The number of hydrogen-bond acceptors (Lipinski definition) is 3. The predicted octanol–water partition coefficient (Wildman–Crippen LogP) is 1.26. The maximum atomic E-state index is 3.39. The van der Waals surface area contributed by atoms with Crippen molar-refractivity contribution >= 4 is 0 Å². The minimum Gasteiger partial charge on any atom is -0.314 e. The van der Waals surface area contributed by atoms with Crippen LogP contribution in [0.1, 0.15) is 26.7 Å². The van der Waals surface area contributed by atoms with Gasteiger partial charge in [0.2, 0.25) is 0 Å². The first kappa shape index (κ1) is 13.9. The zero-order chi connectivity index (χ0) is 11.8. The van der Waals surface area contributed by atoms with Gasteiger partial charge >= 0.3 is 0 Å². The van der Waals surface area contributed by atoms with Crippen LogP contribution in [-0.2, 0) is 0 Å². The average molecular weight is 227 g/mol. The Morgan fingerprint density at radius 2 is 1.88 bits per heavy atom. The highest BCUT2D eigenvalue weighted by atomic mass is 15.2. The molecular weight excluding hydrogens is 198 g/mol. The lowest BCUT2D eigenvalue weighted by Crippen LogP contribution is -2.46. The molecule has 0 amide bonds. The third-order valence-corrected chi connectivity index (χ3v) is 3.33. The van der Waals surface area contributed by atoms with Gasteiger partial charge in [-0.1, -0.05) is 13.8 Å². The van der Waals surface area contributed by atoms with E-state index in [2.05, 4.69) is 36.0 Å². The fraction of sp³-hybridized carbons (Fsp3) is 1.00. The Balaban J connectivity index is 1.98. The van der Waals surface area contributed by atoms with Gasteiger partial charge in [0.25, 0.3) is 0 Å². The summed E-state index contributed by atoms with van der Waals surface area (Å²) in [6, 6.07) is 0. The van der Waals surface area contributed by atoms with E-state index in [1.54, 1.807) is 0 Å². The molecule has 0 bridgehead atoms. The third-order valence-electron chi connectivity index (χ3n) is 3.33. The quantitative estimate of drug-likeness (QED) is 0.706. The van der Waals surface area contributed by atoms with E-state index in [1.165, 1.54) is 45.6 Å². The molecule has 1 aliphatic heterocycles. The summed E-state index contributed by atoms with van der Waals surface area (Å²) in [5.74, 6) is 0.849. The van der Waals surface area contributed by atoms with E-state index in [4.69, 9.17) is 0 Å². The molecule has 0 aromatic carbocycles. The Kier molecular flexibility index (Phi) is 7.01. The highest BCUT2D eigenvalue weighted by molar-refractivity contribution is 4.68. The van der Waals surface area contributed by atoms with E-state index >= 15 is 0 Å². The van der Waals surface area contributed by atoms with Crippen molar-refractivity contribution in [1.29, 1.82) is 0 Å². The van der Waals surface area contributed by atoms with Crippen LogP contribution in [0.5, 0.6) is 0 Å². The Morgan fingerprint density at radius 3 is 2.50 bits per heavy atom. The molecular formula is C13H29N3. The van der Waals surface area contributed by atoms with Crippen LogP contribution < -0.4 is 5.32 Å². The van der Waals surface area contributed by atoms with Gasteiger partial charge < -0.3 is 10.2 Å². The smallest absolute Gasteiger partial charge is 0.0110 e. The van der Waals surface area contributed by atoms with Gasteiger partial charge in [0.15, 0.2) is 0 Å². The number of likely N-dealkylation sites (N-methyl/N-ethyl adjacent to an activating group) is 1. The van der Waals surface area contributed by atoms with Crippen molar-refractivity contribution in [2.75, 3.05) is 52.9 Å². The summed E-state index contributed by atoms with van der Waals surface area (Å²) in [6.07, 6.45) is 2.70. The first-order valence-electron chi connectivity index (χ1n) is 6.80. The van der Waals surface area contributed by atoms with Crippen LogP contribution in [0.25, 0.3) is 0 Å². The van der Waals surface area contributed by atoms with E-state index in [9.17, 15) is 0 Å². The lowest BCUT2D eigenvalue weighted by atomic mass is 10.1. The summed E-state index contributed by atoms with van der Waals surface area (Å²) in [7, 11) is 2.25. The van der Waals surface area contributed by atoms with Crippen molar-refractivity contribution < 1.29 is 0 Å². The summed E-state index contributed by atoms with van der Waals surface area (Å²) in [5, 5.41) is 3.39. The molecule has 0 aromatic rings. The molecule has 1 fully saturated rings. The van der Waals surface area contributed by atoms with Crippen LogP contribution >= 0.6 is 0 Å². The van der Waals surface area contributed by atoms with Gasteiger partial charge in [0.05, 0.1) is 0 Å². The molecule has 0 radical (unpaired) electrons. The first-order valence-corrected chi connectivity index (χ1v) is 6.80. The SMILES string of the molecule is CC(C)CCCN(C)CCN1CCNCC1. The molecule has 3 heteroatoms. The maximum Gasteiger partial charge on any atom is 0.0110 e. The Morgan fingerprint density at radius 1 is 1.19 bits per heavy atom. The molecule has 3 nitrogen and oxygen atoms in total. The van der Waals surface area contributed by atoms with Crippen molar-refractivity contribution in [3.63, 3.8) is 0 Å². The highest BCUT2D eigenvalue weighted by Gasteiger charge is 2.09. The number of piperazine rings is 1. The van der Waals surface area contributed by atoms with E-state index in [1.807, 2.05) is 0 Å². The first-order chi connectivity index (χ1) is 7.68. The second kappa shape index (κ2) is 8.04. The lowest BCUT2D eigenvalue weighted by Gasteiger charge is -2.29. The number of hydrogen-bond donors (Lipinski definition) is 1. The van der Waals surface area contributed by atoms with E-state index < -0.39 is 0 Å². The van der Waals surface area contributed by atoms with Crippen molar-refractivity contribution in [2.24, 2.45) is 5.92 Å².